The number of nitrogens with one attached hydrogen (secondary N) is 2. The molecule has 4 rings (SSSR count). The van der Waals surface area contributed by atoms with Crippen molar-refractivity contribution in [3.8, 4) is 17.1 Å². The lowest BCUT2D eigenvalue weighted by molar-refractivity contribution is -0.274. The van der Waals surface area contributed by atoms with Crippen LogP contribution in [0.25, 0.3) is 22.2 Å². The highest BCUT2D eigenvalue weighted by molar-refractivity contribution is 5.95. The zero-order valence-electron chi connectivity index (χ0n) is 17.3. The van der Waals surface area contributed by atoms with Gasteiger partial charge in [0.1, 0.15) is 17.3 Å². The molecule has 6 nitrogen and oxygen atoms in total. The van der Waals surface area contributed by atoms with Crippen molar-refractivity contribution in [3.05, 3.63) is 94.4 Å². The average Bonchev–Trinajstić information content (AvgIpc) is 2.78. The van der Waals surface area contributed by atoms with Gasteiger partial charge in [0, 0.05) is 17.0 Å². The molecular formula is C24H18F3N3O3. The summed E-state index contributed by atoms with van der Waals surface area (Å²) in [6.45, 7) is 1.69. The van der Waals surface area contributed by atoms with Gasteiger partial charge < -0.3 is 15.0 Å². The Morgan fingerprint density at radius 1 is 1.00 bits per heavy atom. The van der Waals surface area contributed by atoms with Crippen LogP contribution in [0, 0.1) is 0 Å². The molecule has 0 spiro atoms. The molecule has 1 aromatic heterocycles. The third-order valence-electron chi connectivity index (χ3n) is 4.98. The number of halogens is 3. The molecule has 0 fully saturated rings. The Bertz CT molecular complexity index is 1370. The summed E-state index contributed by atoms with van der Waals surface area (Å²) >= 11 is 0. The second kappa shape index (κ2) is 8.78. The molecule has 0 aliphatic heterocycles. The van der Waals surface area contributed by atoms with Gasteiger partial charge in [-0.05, 0) is 23.9 Å². The molecule has 1 amide bonds. The van der Waals surface area contributed by atoms with Crippen LogP contribution >= 0.6 is 0 Å². The molecule has 0 unspecified atom stereocenters. The highest BCUT2D eigenvalue weighted by Gasteiger charge is 2.32. The number of hydrogen-bond donors (Lipinski definition) is 2. The zero-order chi connectivity index (χ0) is 23.6. The Labute approximate surface area is 186 Å². The van der Waals surface area contributed by atoms with Gasteiger partial charge in [0.15, 0.2) is 0 Å². The minimum Gasteiger partial charge on any atom is -0.405 e. The Balaban J connectivity index is 1.63. The van der Waals surface area contributed by atoms with Gasteiger partial charge in [-0.25, -0.2) is 4.98 Å². The number of benzene rings is 3. The summed E-state index contributed by atoms with van der Waals surface area (Å²) in [6.07, 6.45) is -4.83. The predicted molar refractivity (Wildman–Crippen MR) is 117 cm³/mol. The fourth-order valence-corrected chi connectivity index (χ4v) is 3.54. The number of carbonyl (C=O) groups is 1. The standard InChI is InChI=1S/C24H18F3N3O3/c1-14(16-11-12-20(33-24(25,26)27)18-10-6-5-9-17(16)18)28-23(32)19-13-21(31)30-22(29-19)15-7-3-2-4-8-15/h2-14H,1H3,(H,28,32)(H,29,30,31)/t14-/m1/s1. The normalized spacial score (nSPS) is 12.4. The third kappa shape index (κ3) is 5.03. The molecule has 0 bridgehead atoms. The van der Waals surface area contributed by atoms with E-state index in [0.717, 1.165) is 6.07 Å². The lowest BCUT2D eigenvalue weighted by Gasteiger charge is -2.19. The van der Waals surface area contributed by atoms with Crippen molar-refractivity contribution in [2.45, 2.75) is 19.3 Å². The largest absolute Gasteiger partial charge is 0.573 e. The van der Waals surface area contributed by atoms with Crippen LogP contribution < -0.4 is 15.6 Å². The first-order chi connectivity index (χ1) is 15.7. The molecule has 0 aliphatic carbocycles. The quantitative estimate of drug-likeness (QED) is 0.447. The second-order valence-electron chi connectivity index (χ2n) is 7.29. The van der Waals surface area contributed by atoms with Crippen LogP contribution in [0.15, 0.2) is 77.6 Å². The number of ether oxygens (including phenoxy) is 1. The molecule has 1 heterocycles. The topological polar surface area (TPSA) is 84.1 Å². The van der Waals surface area contributed by atoms with Gasteiger partial charge in [-0.1, -0.05) is 60.7 Å². The first-order valence-corrected chi connectivity index (χ1v) is 9.96. The van der Waals surface area contributed by atoms with E-state index in [-0.39, 0.29) is 22.7 Å². The first-order valence-electron chi connectivity index (χ1n) is 9.96. The van der Waals surface area contributed by atoms with Crippen LogP contribution in [0.4, 0.5) is 13.2 Å². The van der Waals surface area contributed by atoms with Crippen molar-refractivity contribution in [1.29, 1.82) is 0 Å². The minimum absolute atomic E-state index is 0.0780. The zero-order valence-corrected chi connectivity index (χ0v) is 17.3. The summed E-state index contributed by atoms with van der Waals surface area (Å²) in [5, 5.41) is 3.52. The number of H-pyrrole nitrogens is 1. The van der Waals surface area contributed by atoms with Crippen molar-refractivity contribution in [1.82, 2.24) is 15.3 Å². The van der Waals surface area contributed by atoms with Gasteiger partial charge in [-0.2, -0.15) is 0 Å². The monoisotopic (exact) mass is 453 g/mol. The molecule has 9 heteroatoms. The van der Waals surface area contributed by atoms with E-state index in [9.17, 15) is 22.8 Å². The number of aromatic nitrogens is 2. The number of fused-ring (bicyclic) bond motifs is 1. The van der Waals surface area contributed by atoms with Crippen LogP contribution in [-0.4, -0.2) is 22.2 Å². The SMILES string of the molecule is C[C@@H](NC(=O)c1cc(=O)[nH]c(-c2ccccc2)n1)c1ccc(OC(F)(F)F)c2ccccc12. The molecule has 0 saturated carbocycles. The van der Waals surface area contributed by atoms with E-state index in [1.54, 1.807) is 49.4 Å². The molecule has 0 radical (unpaired) electrons. The summed E-state index contributed by atoms with van der Waals surface area (Å²) in [4.78, 5) is 31.8. The van der Waals surface area contributed by atoms with Gasteiger partial charge in [-0.15, -0.1) is 13.2 Å². The van der Waals surface area contributed by atoms with Gasteiger partial charge in [0.25, 0.3) is 11.5 Å². The van der Waals surface area contributed by atoms with Gasteiger partial charge in [-0.3, -0.25) is 9.59 Å². The maximum atomic E-state index is 12.9. The number of aromatic amines is 1. The fourth-order valence-electron chi connectivity index (χ4n) is 3.54. The van der Waals surface area contributed by atoms with Crippen molar-refractivity contribution in [2.24, 2.45) is 0 Å². The number of carbonyl (C=O) groups excluding carboxylic acids is 1. The molecule has 1 atom stereocenters. The maximum absolute atomic E-state index is 12.9. The lowest BCUT2D eigenvalue weighted by atomic mass is 9.98. The maximum Gasteiger partial charge on any atom is 0.573 e. The summed E-state index contributed by atoms with van der Waals surface area (Å²) in [6, 6.07) is 18.5. The summed E-state index contributed by atoms with van der Waals surface area (Å²) in [5.74, 6) is -0.672. The summed E-state index contributed by atoms with van der Waals surface area (Å²) in [7, 11) is 0. The molecule has 4 aromatic rings. The van der Waals surface area contributed by atoms with E-state index >= 15 is 0 Å². The Morgan fingerprint density at radius 2 is 1.67 bits per heavy atom. The number of alkyl halides is 3. The number of hydrogen-bond acceptors (Lipinski definition) is 4. The van der Waals surface area contributed by atoms with E-state index in [0.29, 0.717) is 16.5 Å². The van der Waals surface area contributed by atoms with E-state index < -0.39 is 23.9 Å². The number of nitrogens with zero attached hydrogens (tertiary/aromatic N) is 1. The second-order valence-corrected chi connectivity index (χ2v) is 7.29. The van der Waals surface area contributed by atoms with E-state index in [1.165, 1.54) is 18.2 Å². The van der Waals surface area contributed by atoms with Crippen molar-refractivity contribution in [3.63, 3.8) is 0 Å². The average molecular weight is 453 g/mol. The van der Waals surface area contributed by atoms with Crippen molar-refractivity contribution < 1.29 is 22.7 Å². The Morgan fingerprint density at radius 3 is 2.36 bits per heavy atom. The van der Waals surface area contributed by atoms with E-state index in [4.69, 9.17) is 0 Å². The molecule has 168 valence electrons. The molecule has 0 saturated heterocycles. The van der Waals surface area contributed by atoms with Gasteiger partial charge in [0.2, 0.25) is 0 Å². The summed E-state index contributed by atoms with van der Waals surface area (Å²) in [5.41, 5.74) is 0.664. The highest BCUT2D eigenvalue weighted by Crippen LogP contribution is 2.34. The Kier molecular flexibility index (Phi) is 5.87. The Hall–Kier alpha value is -4.14. The van der Waals surface area contributed by atoms with Crippen molar-refractivity contribution in [2.75, 3.05) is 0 Å². The fraction of sp³-hybridized carbons (Fsp3) is 0.125. The van der Waals surface area contributed by atoms with E-state index in [1.807, 2.05) is 6.07 Å². The van der Waals surface area contributed by atoms with Gasteiger partial charge in [0.05, 0.1) is 6.04 Å². The van der Waals surface area contributed by atoms with Crippen LogP contribution in [0.5, 0.6) is 5.75 Å². The molecular weight excluding hydrogens is 435 g/mol. The van der Waals surface area contributed by atoms with E-state index in [2.05, 4.69) is 20.0 Å². The lowest BCUT2D eigenvalue weighted by Crippen LogP contribution is -2.29. The van der Waals surface area contributed by atoms with Crippen LogP contribution in [-0.2, 0) is 0 Å². The minimum atomic E-state index is -4.83. The van der Waals surface area contributed by atoms with Gasteiger partial charge >= 0.3 is 6.36 Å². The summed E-state index contributed by atoms with van der Waals surface area (Å²) < 4.78 is 42.4. The van der Waals surface area contributed by atoms with Crippen LogP contribution in [0.1, 0.15) is 29.0 Å². The van der Waals surface area contributed by atoms with Crippen LogP contribution in [0.2, 0.25) is 0 Å². The molecule has 2 N–H and O–H groups in total. The molecule has 33 heavy (non-hydrogen) atoms. The predicted octanol–water partition coefficient (Wildman–Crippen LogP) is 4.98. The third-order valence-corrected chi connectivity index (χ3v) is 4.98. The number of amides is 1. The molecule has 3 aromatic carbocycles. The smallest absolute Gasteiger partial charge is 0.405 e. The molecule has 0 aliphatic rings. The number of rotatable bonds is 5. The first kappa shape index (κ1) is 22.1. The van der Waals surface area contributed by atoms with Crippen molar-refractivity contribution >= 4 is 16.7 Å². The van der Waals surface area contributed by atoms with Crippen LogP contribution in [0.3, 0.4) is 0 Å². The highest BCUT2D eigenvalue weighted by atomic mass is 19.4.